The van der Waals surface area contributed by atoms with Gasteiger partial charge in [0.1, 0.15) is 11.5 Å². The Kier molecular flexibility index (Phi) is 3.49. The number of hydrogen-bond acceptors (Lipinski definition) is 1. The first-order chi connectivity index (χ1) is 7.68. The van der Waals surface area contributed by atoms with Gasteiger partial charge in [0.2, 0.25) is 0 Å². The van der Waals surface area contributed by atoms with Crippen molar-refractivity contribution >= 4 is 22.6 Å². The van der Waals surface area contributed by atoms with E-state index in [4.69, 9.17) is 4.74 Å². The number of aryl methyl sites for hydroxylation is 1. The maximum atomic E-state index is 5.91. The fourth-order valence-electron chi connectivity index (χ4n) is 1.48. The number of hydrogen-bond donors (Lipinski definition) is 0. The number of ether oxygens (including phenoxy) is 1. The largest absolute Gasteiger partial charge is 0.456 e. The summed E-state index contributed by atoms with van der Waals surface area (Å²) in [4.78, 5) is 0. The number of benzene rings is 2. The Morgan fingerprint density at radius 2 is 1.56 bits per heavy atom. The smallest absolute Gasteiger partial charge is 0.140 e. The summed E-state index contributed by atoms with van der Waals surface area (Å²) < 4.78 is 7.04. The first kappa shape index (κ1) is 11.5. The van der Waals surface area contributed by atoms with Crippen LogP contribution in [0.4, 0.5) is 0 Å². The van der Waals surface area contributed by atoms with Crippen LogP contribution in [-0.4, -0.2) is 0 Å². The van der Waals surface area contributed by atoms with E-state index in [-0.39, 0.29) is 0 Å². The van der Waals surface area contributed by atoms with Crippen molar-refractivity contribution in [3.8, 4) is 11.5 Å². The second kappa shape index (κ2) is 4.87. The van der Waals surface area contributed by atoms with E-state index < -0.39 is 0 Å². The molecule has 0 N–H and O–H groups in total. The van der Waals surface area contributed by atoms with Crippen LogP contribution in [0.1, 0.15) is 11.1 Å². The summed E-state index contributed by atoms with van der Waals surface area (Å²) in [5.74, 6) is 1.85. The molecule has 0 aliphatic rings. The Morgan fingerprint density at radius 3 is 2.31 bits per heavy atom. The molecule has 2 heteroatoms. The van der Waals surface area contributed by atoms with E-state index in [1.54, 1.807) is 0 Å². The zero-order chi connectivity index (χ0) is 11.5. The summed E-state index contributed by atoms with van der Waals surface area (Å²) in [6.07, 6.45) is 0. The standard InChI is InChI=1S/C14H13IO/c1-10-6-5-9-13(11(10)2)16-14-8-4-3-7-12(14)15/h3-9H,1-2H3. The number of rotatable bonds is 2. The van der Waals surface area contributed by atoms with Gasteiger partial charge in [-0.05, 0) is 65.8 Å². The van der Waals surface area contributed by atoms with Gasteiger partial charge in [-0.25, -0.2) is 0 Å². The van der Waals surface area contributed by atoms with Crippen molar-refractivity contribution in [3.63, 3.8) is 0 Å². The van der Waals surface area contributed by atoms with Gasteiger partial charge < -0.3 is 4.74 Å². The molecule has 0 atom stereocenters. The van der Waals surface area contributed by atoms with Crippen LogP contribution in [0.3, 0.4) is 0 Å². The van der Waals surface area contributed by atoms with E-state index in [0.717, 1.165) is 15.1 Å². The zero-order valence-corrected chi connectivity index (χ0v) is 11.5. The Hall–Kier alpha value is -1.03. The average Bonchev–Trinajstić information content (AvgIpc) is 2.28. The predicted molar refractivity (Wildman–Crippen MR) is 75.1 cm³/mol. The Labute approximate surface area is 110 Å². The Bertz CT molecular complexity index is 506. The highest BCUT2D eigenvalue weighted by Crippen LogP contribution is 2.29. The van der Waals surface area contributed by atoms with Crippen molar-refractivity contribution in [2.75, 3.05) is 0 Å². The highest BCUT2D eigenvalue weighted by atomic mass is 127. The monoisotopic (exact) mass is 324 g/mol. The maximum Gasteiger partial charge on any atom is 0.140 e. The number of para-hydroxylation sites is 1. The molecule has 0 radical (unpaired) electrons. The minimum atomic E-state index is 0.914. The molecule has 2 rings (SSSR count). The van der Waals surface area contributed by atoms with Gasteiger partial charge in [0.05, 0.1) is 3.57 Å². The zero-order valence-electron chi connectivity index (χ0n) is 9.33. The molecule has 0 aliphatic heterocycles. The highest BCUT2D eigenvalue weighted by molar-refractivity contribution is 14.1. The number of halogens is 1. The summed E-state index contributed by atoms with van der Waals surface area (Å²) in [5.41, 5.74) is 2.45. The fourth-order valence-corrected chi connectivity index (χ4v) is 1.98. The molecule has 0 amide bonds. The molecule has 0 spiro atoms. The van der Waals surface area contributed by atoms with Gasteiger partial charge in [0.25, 0.3) is 0 Å². The molecular formula is C14H13IO. The molecule has 0 fully saturated rings. The van der Waals surface area contributed by atoms with Gasteiger partial charge in [0, 0.05) is 0 Å². The molecule has 0 saturated carbocycles. The first-order valence-corrected chi connectivity index (χ1v) is 6.25. The molecule has 2 aromatic rings. The molecule has 16 heavy (non-hydrogen) atoms. The molecule has 1 nitrogen and oxygen atoms in total. The molecule has 0 saturated heterocycles. The lowest BCUT2D eigenvalue weighted by molar-refractivity contribution is 0.475. The molecule has 2 aromatic carbocycles. The van der Waals surface area contributed by atoms with Crippen molar-refractivity contribution in [1.82, 2.24) is 0 Å². The van der Waals surface area contributed by atoms with Crippen LogP contribution in [-0.2, 0) is 0 Å². The van der Waals surface area contributed by atoms with Crippen molar-refractivity contribution < 1.29 is 4.74 Å². The summed E-state index contributed by atoms with van der Waals surface area (Å²) in [7, 11) is 0. The van der Waals surface area contributed by atoms with E-state index in [0.29, 0.717) is 0 Å². The van der Waals surface area contributed by atoms with Gasteiger partial charge in [-0.3, -0.25) is 0 Å². The van der Waals surface area contributed by atoms with Crippen LogP contribution in [0, 0.1) is 17.4 Å². The van der Waals surface area contributed by atoms with E-state index in [1.165, 1.54) is 11.1 Å². The lowest BCUT2D eigenvalue weighted by atomic mass is 10.1. The van der Waals surface area contributed by atoms with Crippen LogP contribution in [0.5, 0.6) is 11.5 Å². The van der Waals surface area contributed by atoms with E-state index in [1.807, 2.05) is 36.4 Å². The van der Waals surface area contributed by atoms with Crippen molar-refractivity contribution in [2.24, 2.45) is 0 Å². The van der Waals surface area contributed by atoms with Gasteiger partial charge in [-0.15, -0.1) is 0 Å². The third-order valence-electron chi connectivity index (χ3n) is 2.61. The van der Waals surface area contributed by atoms with Crippen LogP contribution in [0.25, 0.3) is 0 Å². The van der Waals surface area contributed by atoms with E-state index in [2.05, 4.69) is 42.5 Å². The van der Waals surface area contributed by atoms with Gasteiger partial charge >= 0.3 is 0 Å². The molecule has 0 aliphatic carbocycles. The lowest BCUT2D eigenvalue weighted by Crippen LogP contribution is -1.91. The van der Waals surface area contributed by atoms with Crippen LogP contribution in [0.15, 0.2) is 42.5 Å². The first-order valence-electron chi connectivity index (χ1n) is 5.17. The minimum Gasteiger partial charge on any atom is -0.456 e. The second-order valence-corrected chi connectivity index (χ2v) is 4.89. The van der Waals surface area contributed by atoms with E-state index in [9.17, 15) is 0 Å². The molecular weight excluding hydrogens is 311 g/mol. The quantitative estimate of drug-likeness (QED) is 0.728. The second-order valence-electron chi connectivity index (χ2n) is 3.73. The topological polar surface area (TPSA) is 9.23 Å². The van der Waals surface area contributed by atoms with Gasteiger partial charge in [-0.2, -0.15) is 0 Å². The van der Waals surface area contributed by atoms with Crippen LogP contribution < -0.4 is 4.74 Å². The van der Waals surface area contributed by atoms with Crippen LogP contribution in [0.2, 0.25) is 0 Å². The Morgan fingerprint density at radius 1 is 0.875 bits per heavy atom. The normalized spacial score (nSPS) is 10.2. The summed E-state index contributed by atoms with van der Waals surface area (Å²) in [5, 5.41) is 0. The molecule has 0 aromatic heterocycles. The summed E-state index contributed by atoms with van der Waals surface area (Å²) >= 11 is 2.28. The highest BCUT2D eigenvalue weighted by Gasteiger charge is 2.05. The third kappa shape index (κ3) is 2.38. The molecule has 0 heterocycles. The predicted octanol–water partition coefficient (Wildman–Crippen LogP) is 4.70. The molecule has 0 bridgehead atoms. The fraction of sp³-hybridized carbons (Fsp3) is 0.143. The molecule has 82 valence electrons. The third-order valence-corrected chi connectivity index (χ3v) is 3.50. The van der Waals surface area contributed by atoms with Crippen molar-refractivity contribution in [3.05, 3.63) is 57.2 Å². The van der Waals surface area contributed by atoms with E-state index >= 15 is 0 Å². The summed E-state index contributed by atoms with van der Waals surface area (Å²) in [6.45, 7) is 4.18. The van der Waals surface area contributed by atoms with Crippen LogP contribution >= 0.6 is 22.6 Å². The minimum absolute atomic E-state index is 0.914. The summed E-state index contributed by atoms with van der Waals surface area (Å²) in [6, 6.07) is 14.2. The maximum absolute atomic E-state index is 5.91. The average molecular weight is 324 g/mol. The SMILES string of the molecule is Cc1cccc(Oc2ccccc2I)c1C. The van der Waals surface area contributed by atoms with Crippen molar-refractivity contribution in [1.29, 1.82) is 0 Å². The molecule has 0 unspecified atom stereocenters. The lowest BCUT2D eigenvalue weighted by Gasteiger charge is -2.11. The Balaban J connectivity index is 2.35. The van der Waals surface area contributed by atoms with Gasteiger partial charge in [-0.1, -0.05) is 24.3 Å². The van der Waals surface area contributed by atoms with Crippen molar-refractivity contribution in [2.45, 2.75) is 13.8 Å². The van der Waals surface area contributed by atoms with Gasteiger partial charge in [0.15, 0.2) is 0 Å².